The van der Waals surface area contributed by atoms with Gasteiger partial charge in [0.25, 0.3) is 0 Å². The van der Waals surface area contributed by atoms with Gasteiger partial charge in [-0.25, -0.2) is 0 Å². The summed E-state index contributed by atoms with van der Waals surface area (Å²) < 4.78 is 5.53. The lowest BCUT2D eigenvalue weighted by atomic mass is 10.2. The molecule has 1 fully saturated rings. The van der Waals surface area contributed by atoms with Crippen LogP contribution in [0.1, 0.15) is 32.3 Å². The molecule has 0 heterocycles. The zero-order valence-electron chi connectivity index (χ0n) is 10.9. The van der Waals surface area contributed by atoms with Gasteiger partial charge in [0, 0.05) is 5.69 Å². The van der Waals surface area contributed by atoms with Crippen LogP contribution < -0.4 is 11.1 Å². The predicted octanol–water partition coefficient (Wildman–Crippen LogP) is 2.04. The molecule has 1 aliphatic rings. The molecule has 0 unspecified atom stereocenters. The molecule has 1 aromatic carbocycles. The molecule has 2 rings (SSSR count). The van der Waals surface area contributed by atoms with Crippen molar-refractivity contribution in [1.82, 2.24) is 0 Å². The second kappa shape index (κ2) is 5.08. The van der Waals surface area contributed by atoms with E-state index in [1.807, 2.05) is 38.1 Å². The Hall–Kier alpha value is -1.39. The first kappa shape index (κ1) is 13.1. The van der Waals surface area contributed by atoms with Gasteiger partial charge in [0.1, 0.15) is 0 Å². The Labute approximate surface area is 108 Å². The van der Waals surface area contributed by atoms with E-state index in [0.717, 1.165) is 24.1 Å². The van der Waals surface area contributed by atoms with Crippen molar-refractivity contribution in [1.29, 1.82) is 0 Å². The zero-order valence-corrected chi connectivity index (χ0v) is 10.9. The highest BCUT2D eigenvalue weighted by atomic mass is 16.5. The molecule has 0 saturated heterocycles. The van der Waals surface area contributed by atoms with E-state index in [1.54, 1.807) is 0 Å². The second-order valence-electron chi connectivity index (χ2n) is 5.17. The van der Waals surface area contributed by atoms with E-state index in [2.05, 4.69) is 5.32 Å². The van der Waals surface area contributed by atoms with Crippen LogP contribution in [0.4, 0.5) is 5.69 Å². The smallest absolute Gasteiger partial charge is 0.244 e. The van der Waals surface area contributed by atoms with E-state index in [0.29, 0.717) is 6.61 Å². The second-order valence-corrected chi connectivity index (χ2v) is 5.17. The zero-order chi connectivity index (χ0) is 13.2. The number of nitrogens with two attached hydrogens (primary N) is 1. The highest BCUT2D eigenvalue weighted by Gasteiger charge is 2.45. The SMILES string of the molecule is CC(C)OCc1cccc(NC(=O)C2(N)CC2)c1. The molecule has 3 N–H and O–H groups in total. The molecule has 0 bridgehead atoms. The average Bonchev–Trinajstić information content (AvgIpc) is 3.07. The van der Waals surface area contributed by atoms with Gasteiger partial charge in [0.05, 0.1) is 18.2 Å². The third-order valence-corrected chi connectivity index (χ3v) is 3.01. The molecule has 1 saturated carbocycles. The van der Waals surface area contributed by atoms with Gasteiger partial charge >= 0.3 is 0 Å². The summed E-state index contributed by atoms with van der Waals surface area (Å²) in [6, 6.07) is 7.67. The van der Waals surface area contributed by atoms with Crippen molar-refractivity contribution in [3.63, 3.8) is 0 Å². The monoisotopic (exact) mass is 248 g/mol. The van der Waals surface area contributed by atoms with Gasteiger partial charge in [-0.05, 0) is 44.4 Å². The third-order valence-electron chi connectivity index (χ3n) is 3.01. The Kier molecular flexibility index (Phi) is 3.68. The summed E-state index contributed by atoms with van der Waals surface area (Å²) in [7, 11) is 0. The van der Waals surface area contributed by atoms with Crippen molar-refractivity contribution in [3.8, 4) is 0 Å². The minimum absolute atomic E-state index is 0.0931. The summed E-state index contributed by atoms with van der Waals surface area (Å²) in [6.45, 7) is 4.54. The highest BCUT2D eigenvalue weighted by molar-refractivity contribution is 6.00. The Balaban J connectivity index is 1.96. The van der Waals surface area contributed by atoms with Crippen molar-refractivity contribution in [3.05, 3.63) is 29.8 Å². The maximum absolute atomic E-state index is 11.8. The quantitative estimate of drug-likeness (QED) is 0.838. The number of hydrogen-bond acceptors (Lipinski definition) is 3. The molecule has 1 amide bonds. The molecule has 0 atom stereocenters. The Morgan fingerprint density at radius 2 is 2.22 bits per heavy atom. The topological polar surface area (TPSA) is 64.3 Å². The van der Waals surface area contributed by atoms with Crippen LogP contribution in [0.2, 0.25) is 0 Å². The molecule has 0 spiro atoms. The van der Waals surface area contributed by atoms with Gasteiger partial charge < -0.3 is 15.8 Å². The molecule has 4 nitrogen and oxygen atoms in total. The van der Waals surface area contributed by atoms with Crippen molar-refractivity contribution in [2.75, 3.05) is 5.32 Å². The fourth-order valence-corrected chi connectivity index (χ4v) is 1.62. The van der Waals surface area contributed by atoms with Crippen molar-refractivity contribution in [2.24, 2.45) is 5.73 Å². The maximum Gasteiger partial charge on any atom is 0.244 e. The van der Waals surface area contributed by atoms with Gasteiger partial charge in [-0.15, -0.1) is 0 Å². The van der Waals surface area contributed by atoms with E-state index >= 15 is 0 Å². The summed E-state index contributed by atoms with van der Waals surface area (Å²) in [5, 5.41) is 2.85. The largest absolute Gasteiger partial charge is 0.374 e. The van der Waals surface area contributed by atoms with Crippen molar-refractivity contribution < 1.29 is 9.53 Å². The molecule has 1 aromatic rings. The standard InChI is InChI=1S/C14H20N2O2/c1-10(2)18-9-11-4-3-5-12(8-11)16-13(17)14(15)6-7-14/h3-5,8,10H,6-7,9,15H2,1-2H3,(H,16,17). The molecule has 1 aliphatic carbocycles. The van der Waals surface area contributed by atoms with Gasteiger partial charge in [-0.2, -0.15) is 0 Å². The van der Waals surface area contributed by atoms with Crippen molar-refractivity contribution in [2.45, 2.75) is 44.9 Å². The van der Waals surface area contributed by atoms with E-state index in [9.17, 15) is 4.79 Å². The number of ether oxygens (including phenoxy) is 1. The van der Waals surface area contributed by atoms with Crippen LogP contribution in [0.15, 0.2) is 24.3 Å². The van der Waals surface area contributed by atoms with Gasteiger partial charge in [-0.1, -0.05) is 12.1 Å². The number of nitrogens with one attached hydrogen (secondary N) is 1. The lowest BCUT2D eigenvalue weighted by Crippen LogP contribution is -2.37. The summed E-state index contributed by atoms with van der Waals surface area (Å²) >= 11 is 0. The van der Waals surface area contributed by atoms with E-state index in [1.165, 1.54) is 0 Å². The van der Waals surface area contributed by atoms with Gasteiger partial charge in [0.15, 0.2) is 0 Å². The molecular formula is C14H20N2O2. The Bertz CT molecular complexity index is 439. The molecule has 0 aromatic heterocycles. The minimum Gasteiger partial charge on any atom is -0.374 e. The molecular weight excluding hydrogens is 228 g/mol. The lowest BCUT2D eigenvalue weighted by molar-refractivity contribution is -0.118. The molecule has 4 heteroatoms. The summed E-state index contributed by atoms with van der Waals surface area (Å²) in [4.78, 5) is 11.8. The van der Waals surface area contributed by atoms with E-state index in [-0.39, 0.29) is 12.0 Å². The Morgan fingerprint density at radius 1 is 1.50 bits per heavy atom. The molecule has 98 valence electrons. The van der Waals surface area contributed by atoms with Crippen LogP contribution in [-0.2, 0) is 16.1 Å². The number of amides is 1. The summed E-state index contributed by atoms with van der Waals surface area (Å²) in [6.07, 6.45) is 1.74. The highest BCUT2D eigenvalue weighted by Crippen LogP contribution is 2.33. The van der Waals surface area contributed by atoms with Crippen LogP contribution in [-0.4, -0.2) is 17.6 Å². The average molecular weight is 248 g/mol. The normalized spacial score (nSPS) is 16.7. The number of carbonyl (C=O) groups is 1. The van der Waals surface area contributed by atoms with Crippen LogP contribution in [0.25, 0.3) is 0 Å². The fraction of sp³-hybridized carbons (Fsp3) is 0.500. The number of hydrogen-bond donors (Lipinski definition) is 2. The molecule has 0 aliphatic heterocycles. The Morgan fingerprint density at radius 3 is 2.83 bits per heavy atom. The fourth-order valence-electron chi connectivity index (χ4n) is 1.62. The van der Waals surface area contributed by atoms with Crippen molar-refractivity contribution >= 4 is 11.6 Å². The van der Waals surface area contributed by atoms with Gasteiger partial charge in [0.2, 0.25) is 5.91 Å². The van der Waals surface area contributed by atoms with Crippen LogP contribution in [0.5, 0.6) is 0 Å². The molecule has 0 radical (unpaired) electrons. The number of benzene rings is 1. The van der Waals surface area contributed by atoms with E-state index in [4.69, 9.17) is 10.5 Å². The predicted molar refractivity (Wildman–Crippen MR) is 71.1 cm³/mol. The first-order valence-electron chi connectivity index (χ1n) is 6.30. The summed E-state index contributed by atoms with van der Waals surface area (Å²) in [5.41, 5.74) is 7.03. The van der Waals surface area contributed by atoms with E-state index < -0.39 is 5.54 Å². The van der Waals surface area contributed by atoms with Crippen LogP contribution >= 0.6 is 0 Å². The van der Waals surface area contributed by atoms with Crippen LogP contribution in [0, 0.1) is 0 Å². The first-order chi connectivity index (χ1) is 8.49. The number of anilines is 1. The number of rotatable bonds is 5. The third kappa shape index (κ3) is 3.31. The molecule has 18 heavy (non-hydrogen) atoms. The maximum atomic E-state index is 11.8. The minimum atomic E-state index is -0.634. The first-order valence-corrected chi connectivity index (χ1v) is 6.30. The lowest BCUT2D eigenvalue weighted by Gasteiger charge is -2.12. The number of carbonyl (C=O) groups excluding carboxylic acids is 1. The van der Waals surface area contributed by atoms with Gasteiger partial charge in [-0.3, -0.25) is 4.79 Å². The summed E-state index contributed by atoms with van der Waals surface area (Å²) in [5.74, 6) is -0.0931. The van der Waals surface area contributed by atoms with Crippen LogP contribution in [0.3, 0.4) is 0 Å².